The number of fused-ring (bicyclic) bond motifs is 1. The number of rotatable bonds is 4. The Balaban J connectivity index is 1.51. The van der Waals surface area contributed by atoms with Crippen molar-refractivity contribution in [1.82, 2.24) is 15.2 Å². The molecule has 1 saturated heterocycles. The van der Waals surface area contributed by atoms with Crippen LogP contribution in [0.4, 0.5) is 10.8 Å². The normalized spacial score (nSPS) is 14.1. The van der Waals surface area contributed by atoms with Gasteiger partial charge in [0.05, 0.1) is 30.0 Å². The molecule has 4 aromatic rings. The van der Waals surface area contributed by atoms with Crippen LogP contribution in [0.25, 0.3) is 22.2 Å². The second kappa shape index (κ2) is 8.17. The van der Waals surface area contributed by atoms with Gasteiger partial charge in [-0.15, -0.1) is 10.2 Å². The first kappa shape index (κ1) is 18.7. The quantitative estimate of drug-likeness (QED) is 0.543. The lowest BCUT2D eigenvalue weighted by Crippen LogP contribution is -2.36. The minimum Gasteiger partial charge on any atom is -0.378 e. The fourth-order valence-corrected chi connectivity index (χ4v) is 4.01. The third-order valence-electron chi connectivity index (χ3n) is 5.06. The summed E-state index contributed by atoms with van der Waals surface area (Å²) in [5, 5.41) is 11.8. The maximum absolute atomic E-state index is 12.8. The van der Waals surface area contributed by atoms with Gasteiger partial charge in [-0.1, -0.05) is 41.7 Å². The van der Waals surface area contributed by atoms with Gasteiger partial charge in [-0.05, 0) is 24.3 Å². The van der Waals surface area contributed by atoms with Crippen LogP contribution in [0.2, 0.25) is 0 Å². The minimum atomic E-state index is -0.246. The Hall–Kier alpha value is -3.36. The van der Waals surface area contributed by atoms with Crippen LogP contribution in [-0.4, -0.2) is 47.4 Å². The van der Waals surface area contributed by atoms with E-state index in [-0.39, 0.29) is 5.91 Å². The van der Waals surface area contributed by atoms with Gasteiger partial charge in [0.1, 0.15) is 5.51 Å². The second-order valence-corrected chi connectivity index (χ2v) is 7.75. The molecule has 0 atom stereocenters. The maximum atomic E-state index is 12.8. The van der Waals surface area contributed by atoms with Gasteiger partial charge in [-0.25, -0.2) is 4.98 Å². The molecule has 1 aliphatic rings. The molecule has 1 aliphatic heterocycles. The van der Waals surface area contributed by atoms with Crippen LogP contribution >= 0.6 is 11.3 Å². The highest BCUT2D eigenvalue weighted by atomic mass is 32.1. The molecule has 3 heterocycles. The van der Waals surface area contributed by atoms with Gasteiger partial charge in [-0.3, -0.25) is 10.1 Å². The molecule has 1 fully saturated rings. The Morgan fingerprint density at radius 2 is 1.93 bits per heavy atom. The zero-order valence-electron chi connectivity index (χ0n) is 16.1. The van der Waals surface area contributed by atoms with Crippen molar-refractivity contribution in [1.29, 1.82) is 0 Å². The number of nitrogens with one attached hydrogen (secondary N) is 1. The summed E-state index contributed by atoms with van der Waals surface area (Å²) in [4.78, 5) is 20.0. The highest BCUT2D eigenvalue weighted by Crippen LogP contribution is 2.27. The number of carbonyl (C=O) groups is 1. The lowest BCUT2D eigenvalue weighted by atomic mass is 10.1. The summed E-state index contributed by atoms with van der Waals surface area (Å²) < 4.78 is 5.46. The van der Waals surface area contributed by atoms with Crippen molar-refractivity contribution in [3.8, 4) is 11.3 Å². The molecular formula is C22H19N5O2S. The van der Waals surface area contributed by atoms with Crippen LogP contribution in [-0.2, 0) is 4.74 Å². The van der Waals surface area contributed by atoms with E-state index < -0.39 is 0 Å². The van der Waals surface area contributed by atoms with Gasteiger partial charge in [0.15, 0.2) is 0 Å². The predicted octanol–water partition coefficient (Wildman–Crippen LogP) is 3.84. The molecule has 0 saturated carbocycles. The first-order valence-electron chi connectivity index (χ1n) is 9.68. The number of aromatic nitrogens is 3. The van der Waals surface area contributed by atoms with Crippen LogP contribution in [0.1, 0.15) is 10.4 Å². The molecule has 0 aliphatic carbocycles. The van der Waals surface area contributed by atoms with Gasteiger partial charge in [0.2, 0.25) is 5.13 Å². The smallest absolute Gasteiger partial charge is 0.259 e. The summed E-state index contributed by atoms with van der Waals surface area (Å²) in [6.07, 6.45) is 0. The van der Waals surface area contributed by atoms with Gasteiger partial charge in [0, 0.05) is 29.7 Å². The van der Waals surface area contributed by atoms with Crippen LogP contribution < -0.4 is 10.2 Å². The van der Waals surface area contributed by atoms with Crippen molar-refractivity contribution in [2.75, 3.05) is 36.5 Å². The standard InChI is InChI=1S/C22H19N5O2S/c28-21(25-22-26-23-14-30-22)18-6-2-3-15-7-8-19(24-20(15)18)16-4-1-5-17(13-16)27-9-11-29-12-10-27/h1-8,13-14H,9-12H2,(H,25,26,28). The van der Waals surface area contributed by atoms with E-state index in [0.29, 0.717) is 16.2 Å². The molecule has 0 radical (unpaired) electrons. The van der Waals surface area contributed by atoms with E-state index in [1.807, 2.05) is 36.4 Å². The molecule has 2 aromatic carbocycles. The average molecular weight is 417 g/mol. The molecule has 8 heteroatoms. The van der Waals surface area contributed by atoms with Crippen molar-refractivity contribution in [3.63, 3.8) is 0 Å². The van der Waals surface area contributed by atoms with Crippen molar-refractivity contribution >= 4 is 39.0 Å². The summed E-state index contributed by atoms with van der Waals surface area (Å²) in [5.74, 6) is -0.246. The number of benzene rings is 2. The average Bonchev–Trinajstić information content (AvgIpc) is 3.32. The van der Waals surface area contributed by atoms with Crippen LogP contribution in [0, 0.1) is 0 Å². The molecule has 150 valence electrons. The van der Waals surface area contributed by atoms with Gasteiger partial charge in [0.25, 0.3) is 5.91 Å². The monoisotopic (exact) mass is 417 g/mol. The maximum Gasteiger partial charge on any atom is 0.259 e. The molecule has 1 amide bonds. The van der Waals surface area contributed by atoms with E-state index >= 15 is 0 Å². The van der Waals surface area contributed by atoms with Gasteiger partial charge in [-0.2, -0.15) is 0 Å². The van der Waals surface area contributed by atoms with E-state index in [0.717, 1.165) is 48.6 Å². The van der Waals surface area contributed by atoms with E-state index in [1.165, 1.54) is 11.3 Å². The van der Waals surface area contributed by atoms with E-state index in [9.17, 15) is 4.79 Å². The third-order valence-corrected chi connectivity index (χ3v) is 5.67. The summed E-state index contributed by atoms with van der Waals surface area (Å²) in [6, 6.07) is 17.9. The lowest BCUT2D eigenvalue weighted by molar-refractivity contribution is 0.102. The third kappa shape index (κ3) is 3.74. The number of amides is 1. The van der Waals surface area contributed by atoms with Gasteiger partial charge < -0.3 is 9.64 Å². The number of carbonyl (C=O) groups excluding carboxylic acids is 1. The Labute approximate surface area is 177 Å². The molecule has 0 bridgehead atoms. The number of nitrogens with zero attached hydrogens (tertiary/aromatic N) is 4. The Kier molecular flexibility index (Phi) is 5.08. The van der Waals surface area contributed by atoms with Crippen LogP contribution in [0.3, 0.4) is 0 Å². The predicted molar refractivity (Wildman–Crippen MR) is 118 cm³/mol. The minimum absolute atomic E-state index is 0.246. The number of pyridine rings is 1. The molecule has 2 aromatic heterocycles. The first-order chi connectivity index (χ1) is 14.8. The first-order valence-corrected chi connectivity index (χ1v) is 10.6. The Morgan fingerprint density at radius 3 is 2.77 bits per heavy atom. The second-order valence-electron chi connectivity index (χ2n) is 6.92. The number of morpholine rings is 1. The van der Waals surface area contributed by atoms with Crippen molar-refractivity contribution in [2.24, 2.45) is 0 Å². The molecule has 5 rings (SSSR count). The summed E-state index contributed by atoms with van der Waals surface area (Å²) >= 11 is 1.28. The molecule has 0 unspecified atom stereocenters. The summed E-state index contributed by atoms with van der Waals surface area (Å²) in [7, 11) is 0. The van der Waals surface area contributed by atoms with Crippen molar-refractivity contribution < 1.29 is 9.53 Å². The van der Waals surface area contributed by atoms with E-state index in [1.54, 1.807) is 11.6 Å². The van der Waals surface area contributed by atoms with Crippen molar-refractivity contribution in [2.45, 2.75) is 0 Å². The lowest BCUT2D eigenvalue weighted by Gasteiger charge is -2.29. The zero-order valence-corrected chi connectivity index (χ0v) is 16.9. The van der Waals surface area contributed by atoms with Crippen LogP contribution in [0.15, 0.2) is 60.1 Å². The highest BCUT2D eigenvalue weighted by Gasteiger charge is 2.15. The SMILES string of the molecule is O=C(Nc1nncs1)c1cccc2ccc(-c3cccc(N4CCOCC4)c3)nc12. The van der Waals surface area contributed by atoms with E-state index in [2.05, 4.69) is 32.5 Å². The highest BCUT2D eigenvalue weighted by molar-refractivity contribution is 7.13. The number of hydrogen-bond donors (Lipinski definition) is 1. The molecule has 30 heavy (non-hydrogen) atoms. The summed E-state index contributed by atoms with van der Waals surface area (Å²) in [6.45, 7) is 3.24. The van der Waals surface area contributed by atoms with Crippen LogP contribution in [0.5, 0.6) is 0 Å². The molecule has 7 nitrogen and oxygen atoms in total. The van der Waals surface area contributed by atoms with E-state index in [4.69, 9.17) is 9.72 Å². The van der Waals surface area contributed by atoms with Crippen molar-refractivity contribution in [3.05, 3.63) is 65.7 Å². The fourth-order valence-electron chi connectivity index (χ4n) is 3.57. The summed E-state index contributed by atoms with van der Waals surface area (Å²) in [5.41, 5.74) is 5.74. The molecular weight excluding hydrogens is 398 g/mol. The fraction of sp³-hybridized carbons (Fsp3) is 0.182. The number of hydrogen-bond acceptors (Lipinski definition) is 7. The number of ether oxygens (including phenoxy) is 1. The van der Waals surface area contributed by atoms with Gasteiger partial charge >= 0.3 is 0 Å². The number of para-hydroxylation sites is 1. The Morgan fingerprint density at radius 1 is 1.07 bits per heavy atom. The largest absolute Gasteiger partial charge is 0.378 e. The molecule has 0 spiro atoms. The zero-order chi connectivity index (χ0) is 20.3. The number of anilines is 2. The molecule has 1 N–H and O–H groups in total. The Bertz CT molecular complexity index is 1190. The topological polar surface area (TPSA) is 80.2 Å².